The molecule has 3 nitrogen and oxygen atoms in total. The second-order valence-electron chi connectivity index (χ2n) is 4.00. The molecule has 0 aromatic rings. The van der Waals surface area contributed by atoms with Crippen molar-refractivity contribution in [1.29, 1.82) is 0 Å². The van der Waals surface area contributed by atoms with Crippen molar-refractivity contribution in [2.24, 2.45) is 5.92 Å². The number of allylic oxidation sites excluding steroid dienone is 2. The molecule has 3 rings (SSSR count). The first-order valence-electron chi connectivity index (χ1n) is 4.69. The Morgan fingerprint density at radius 3 is 2.69 bits per heavy atom. The standard InChI is InChI=1S/C10H12O3/c11-9-6-2-1-4-8(9)5-3-7-10(9)12-13-10/h1-3,7-8,11H,4-6H2. The largest absolute Gasteiger partial charge is 0.383 e. The van der Waals surface area contributed by atoms with Gasteiger partial charge in [0, 0.05) is 12.3 Å². The molecule has 1 saturated heterocycles. The van der Waals surface area contributed by atoms with Gasteiger partial charge in [0.1, 0.15) is 5.60 Å². The molecule has 1 aliphatic heterocycles. The molecule has 0 saturated carbocycles. The first-order chi connectivity index (χ1) is 6.27. The van der Waals surface area contributed by atoms with Crippen molar-refractivity contribution in [3.8, 4) is 0 Å². The van der Waals surface area contributed by atoms with Gasteiger partial charge in [-0.25, -0.2) is 0 Å². The van der Waals surface area contributed by atoms with E-state index in [4.69, 9.17) is 9.78 Å². The zero-order chi connectivity index (χ0) is 8.94. The molecule has 70 valence electrons. The van der Waals surface area contributed by atoms with Crippen LogP contribution in [0.3, 0.4) is 0 Å². The molecular formula is C10H12O3. The predicted octanol–water partition coefficient (Wildman–Crippen LogP) is 1.30. The summed E-state index contributed by atoms with van der Waals surface area (Å²) in [6.07, 6.45) is 10.4. The van der Waals surface area contributed by atoms with E-state index in [1.54, 1.807) is 0 Å². The zero-order valence-corrected chi connectivity index (χ0v) is 7.27. The van der Waals surface area contributed by atoms with E-state index in [0.717, 1.165) is 12.8 Å². The summed E-state index contributed by atoms with van der Waals surface area (Å²) >= 11 is 0. The zero-order valence-electron chi connectivity index (χ0n) is 7.27. The summed E-state index contributed by atoms with van der Waals surface area (Å²) in [5.74, 6) is -0.578. The quantitative estimate of drug-likeness (QED) is 0.347. The Morgan fingerprint density at radius 1 is 1.15 bits per heavy atom. The van der Waals surface area contributed by atoms with Crippen LogP contribution in [0.15, 0.2) is 24.3 Å². The molecule has 1 heterocycles. The van der Waals surface area contributed by atoms with Gasteiger partial charge in [-0.3, -0.25) is 0 Å². The molecule has 3 heteroatoms. The second-order valence-corrected chi connectivity index (χ2v) is 4.00. The smallest absolute Gasteiger partial charge is 0.281 e. The Labute approximate surface area is 76.6 Å². The van der Waals surface area contributed by atoms with Crippen LogP contribution in [-0.4, -0.2) is 16.5 Å². The van der Waals surface area contributed by atoms with E-state index in [-0.39, 0.29) is 5.92 Å². The molecule has 1 spiro atoms. The van der Waals surface area contributed by atoms with E-state index in [2.05, 4.69) is 6.08 Å². The number of rotatable bonds is 0. The highest BCUT2D eigenvalue weighted by atomic mass is 17.4. The third kappa shape index (κ3) is 0.843. The molecule has 0 amide bonds. The molecule has 3 aliphatic rings. The fourth-order valence-corrected chi connectivity index (χ4v) is 2.38. The molecular weight excluding hydrogens is 168 g/mol. The highest BCUT2D eigenvalue weighted by Gasteiger charge is 2.67. The van der Waals surface area contributed by atoms with E-state index in [0.29, 0.717) is 6.42 Å². The molecule has 0 aromatic carbocycles. The SMILES string of the molecule is OC12CC=CCC1CC=CC21OO1. The first-order valence-corrected chi connectivity index (χ1v) is 4.69. The Balaban J connectivity index is 2.03. The normalized spacial score (nSPS) is 44.8. The lowest BCUT2D eigenvalue weighted by Crippen LogP contribution is -2.52. The maximum absolute atomic E-state index is 10.4. The van der Waals surface area contributed by atoms with Gasteiger partial charge < -0.3 is 5.11 Å². The predicted molar refractivity (Wildman–Crippen MR) is 45.5 cm³/mol. The van der Waals surface area contributed by atoms with Gasteiger partial charge in [0.05, 0.1) is 0 Å². The van der Waals surface area contributed by atoms with Crippen molar-refractivity contribution in [3.05, 3.63) is 24.3 Å². The minimum Gasteiger partial charge on any atom is -0.383 e. The molecule has 0 radical (unpaired) electrons. The summed E-state index contributed by atoms with van der Waals surface area (Å²) in [7, 11) is 0. The van der Waals surface area contributed by atoms with Gasteiger partial charge in [0.2, 0.25) is 0 Å². The molecule has 13 heavy (non-hydrogen) atoms. The fourth-order valence-electron chi connectivity index (χ4n) is 2.38. The van der Waals surface area contributed by atoms with E-state index in [9.17, 15) is 5.11 Å². The number of fused-ring (bicyclic) bond motifs is 2. The topological polar surface area (TPSA) is 45.3 Å². The Bertz CT molecular complexity index is 291. The maximum Gasteiger partial charge on any atom is 0.281 e. The van der Waals surface area contributed by atoms with Crippen LogP contribution in [0.25, 0.3) is 0 Å². The van der Waals surface area contributed by atoms with Crippen molar-refractivity contribution in [3.63, 3.8) is 0 Å². The lowest BCUT2D eigenvalue weighted by molar-refractivity contribution is -0.0790. The summed E-state index contributed by atoms with van der Waals surface area (Å²) in [6, 6.07) is 0. The molecule has 1 N–H and O–H groups in total. The van der Waals surface area contributed by atoms with E-state index < -0.39 is 11.4 Å². The van der Waals surface area contributed by atoms with Crippen molar-refractivity contribution < 1.29 is 14.9 Å². The van der Waals surface area contributed by atoms with Crippen LogP contribution >= 0.6 is 0 Å². The van der Waals surface area contributed by atoms with Gasteiger partial charge in [-0.1, -0.05) is 18.2 Å². The number of hydrogen-bond acceptors (Lipinski definition) is 3. The Kier molecular flexibility index (Phi) is 1.33. The van der Waals surface area contributed by atoms with Crippen LogP contribution in [0, 0.1) is 5.92 Å². The van der Waals surface area contributed by atoms with Gasteiger partial charge >= 0.3 is 0 Å². The average molecular weight is 180 g/mol. The van der Waals surface area contributed by atoms with Crippen molar-refractivity contribution >= 4 is 0 Å². The molecule has 0 bridgehead atoms. The van der Waals surface area contributed by atoms with Crippen LogP contribution in [-0.2, 0) is 9.78 Å². The van der Waals surface area contributed by atoms with Gasteiger partial charge in [-0.05, 0) is 18.9 Å². The average Bonchev–Trinajstić information content (AvgIpc) is 2.89. The Hall–Kier alpha value is -0.640. The first kappa shape index (κ1) is 7.74. The lowest BCUT2D eigenvalue weighted by Gasteiger charge is -2.40. The molecule has 1 fully saturated rings. The maximum atomic E-state index is 10.4. The van der Waals surface area contributed by atoms with Gasteiger partial charge in [0.15, 0.2) is 0 Å². The summed E-state index contributed by atoms with van der Waals surface area (Å²) in [6.45, 7) is 0. The summed E-state index contributed by atoms with van der Waals surface area (Å²) in [4.78, 5) is 9.88. The third-order valence-electron chi connectivity index (χ3n) is 3.32. The summed E-state index contributed by atoms with van der Waals surface area (Å²) in [5.41, 5.74) is -0.837. The minimum absolute atomic E-state index is 0.241. The van der Waals surface area contributed by atoms with E-state index in [1.165, 1.54) is 0 Å². The molecule has 2 aliphatic carbocycles. The highest BCUT2D eigenvalue weighted by Crippen LogP contribution is 2.53. The van der Waals surface area contributed by atoms with Crippen molar-refractivity contribution in [2.45, 2.75) is 30.7 Å². The van der Waals surface area contributed by atoms with E-state index in [1.807, 2.05) is 18.2 Å². The van der Waals surface area contributed by atoms with Gasteiger partial charge in [-0.15, -0.1) is 0 Å². The van der Waals surface area contributed by atoms with Crippen LogP contribution in [0.4, 0.5) is 0 Å². The molecule has 2 unspecified atom stereocenters. The highest BCUT2D eigenvalue weighted by molar-refractivity contribution is 5.22. The molecule has 2 atom stereocenters. The van der Waals surface area contributed by atoms with Crippen LogP contribution in [0.5, 0.6) is 0 Å². The van der Waals surface area contributed by atoms with Crippen molar-refractivity contribution in [2.75, 3.05) is 0 Å². The second kappa shape index (κ2) is 2.23. The van der Waals surface area contributed by atoms with Crippen molar-refractivity contribution in [1.82, 2.24) is 0 Å². The minimum atomic E-state index is -0.837. The molecule has 0 aromatic heterocycles. The summed E-state index contributed by atoms with van der Waals surface area (Å²) < 4.78 is 0. The van der Waals surface area contributed by atoms with Crippen LogP contribution in [0.2, 0.25) is 0 Å². The van der Waals surface area contributed by atoms with Gasteiger partial charge in [0.25, 0.3) is 5.79 Å². The summed E-state index contributed by atoms with van der Waals surface area (Å²) in [5, 5.41) is 10.4. The lowest BCUT2D eigenvalue weighted by atomic mass is 9.69. The van der Waals surface area contributed by atoms with Crippen LogP contribution in [0.1, 0.15) is 19.3 Å². The number of hydrogen-bond donors (Lipinski definition) is 1. The fraction of sp³-hybridized carbons (Fsp3) is 0.600. The van der Waals surface area contributed by atoms with Gasteiger partial charge in [-0.2, -0.15) is 9.78 Å². The Morgan fingerprint density at radius 2 is 1.92 bits per heavy atom. The number of aliphatic hydroxyl groups is 1. The monoisotopic (exact) mass is 180 g/mol. The van der Waals surface area contributed by atoms with E-state index >= 15 is 0 Å². The van der Waals surface area contributed by atoms with Crippen LogP contribution < -0.4 is 0 Å². The third-order valence-corrected chi connectivity index (χ3v) is 3.32.